The third kappa shape index (κ3) is 5.25. The van der Waals surface area contributed by atoms with Gasteiger partial charge in [0.25, 0.3) is 5.91 Å². The molecule has 2 aromatic rings. The molecule has 1 saturated carbocycles. The maximum atomic E-state index is 12.6. The van der Waals surface area contributed by atoms with Crippen LogP contribution in [0.2, 0.25) is 0 Å². The van der Waals surface area contributed by atoms with E-state index in [-0.39, 0.29) is 17.2 Å². The van der Waals surface area contributed by atoms with Crippen LogP contribution in [0.25, 0.3) is 5.70 Å². The summed E-state index contributed by atoms with van der Waals surface area (Å²) >= 11 is 0. The Morgan fingerprint density at radius 1 is 1.14 bits per heavy atom. The summed E-state index contributed by atoms with van der Waals surface area (Å²) < 4.78 is 5.21. The average molecular weight is 392 g/mol. The summed E-state index contributed by atoms with van der Waals surface area (Å²) in [7, 11) is 1.58. The molecule has 0 unspecified atom stereocenters. The number of ether oxygens (including phenoxy) is 1. The highest BCUT2D eigenvalue weighted by atomic mass is 16.5. The van der Waals surface area contributed by atoms with Crippen molar-refractivity contribution in [3.8, 4) is 5.75 Å². The van der Waals surface area contributed by atoms with Gasteiger partial charge in [-0.2, -0.15) is 0 Å². The first-order valence-electron chi connectivity index (χ1n) is 10.1. The van der Waals surface area contributed by atoms with Crippen LogP contribution < -0.4 is 15.8 Å². The van der Waals surface area contributed by atoms with Crippen LogP contribution in [0.3, 0.4) is 0 Å². The maximum Gasteiger partial charge on any atom is 0.254 e. The number of nitrogens with two attached hydrogens (primary N) is 1. The molecule has 1 amide bonds. The molecule has 152 valence electrons. The third-order valence-electron chi connectivity index (χ3n) is 5.73. The molecule has 29 heavy (non-hydrogen) atoms. The van der Waals surface area contributed by atoms with Gasteiger partial charge in [-0.05, 0) is 55.2 Å². The van der Waals surface area contributed by atoms with Gasteiger partial charge in [-0.3, -0.25) is 4.79 Å². The van der Waals surface area contributed by atoms with Crippen LogP contribution in [0.15, 0.2) is 60.2 Å². The largest absolute Gasteiger partial charge is 0.497 e. The maximum absolute atomic E-state index is 12.6. The van der Waals surface area contributed by atoms with Crippen molar-refractivity contribution in [2.75, 3.05) is 13.7 Å². The Kier molecular flexibility index (Phi) is 7.06. The molecule has 5 nitrogen and oxygen atoms in total. The molecule has 1 aliphatic carbocycles. The minimum Gasteiger partial charge on any atom is -0.497 e. The fourth-order valence-electron chi connectivity index (χ4n) is 3.97. The summed E-state index contributed by atoms with van der Waals surface area (Å²) in [6, 6.07) is 17.8. The Morgan fingerprint density at radius 2 is 1.86 bits per heavy atom. The van der Waals surface area contributed by atoms with Crippen molar-refractivity contribution in [1.29, 1.82) is 5.41 Å². The summed E-state index contributed by atoms with van der Waals surface area (Å²) in [5, 5.41) is 10.6. The van der Waals surface area contributed by atoms with Gasteiger partial charge in [-0.15, -0.1) is 0 Å². The van der Waals surface area contributed by atoms with Gasteiger partial charge in [-0.1, -0.05) is 42.5 Å². The molecule has 0 aromatic heterocycles. The number of hydrogen-bond acceptors (Lipinski definition) is 4. The van der Waals surface area contributed by atoms with Crippen molar-refractivity contribution in [1.82, 2.24) is 5.32 Å². The number of methoxy groups -OCH3 is 1. The lowest BCUT2D eigenvalue weighted by Gasteiger charge is -2.29. The third-order valence-corrected chi connectivity index (χ3v) is 5.73. The fourth-order valence-corrected chi connectivity index (χ4v) is 3.97. The number of carbonyl (C=O) groups is 1. The highest BCUT2D eigenvalue weighted by Gasteiger charge is 2.23. The number of hydrogen-bond donors (Lipinski definition) is 3. The number of amides is 1. The molecule has 1 aliphatic rings. The zero-order chi connectivity index (χ0) is 20.6. The molecule has 4 N–H and O–H groups in total. The number of carbonyl (C=O) groups excluding carboxylic acids is 1. The smallest absolute Gasteiger partial charge is 0.254 e. The normalized spacial score (nSPS) is 19.8. The van der Waals surface area contributed by atoms with Crippen LogP contribution in [0.1, 0.15) is 42.7 Å². The summed E-state index contributed by atoms with van der Waals surface area (Å²) in [6.07, 6.45) is 5.49. The molecule has 3 rings (SSSR count). The molecule has 1 fully saturated rings. The van der Waals surface area contributed by atoms with Crippen molar-refractivity contribution < 1.29 is 9.53 Å². The fraction of sp³-hybridized carbons (Fsp3) is 0.333. The van der Waals surface area contributed by atoms with Gasteiger partial charge in [0.05, 0.1) is 18.4 Å². The lowest BCUT2D eigenvalue weighted by molar-refractivity contribution is -0.117. The van der Waals surface area contributed by atoms with Crippen LogP contribution in [0, 0.1) is 11.3 Å². The standard InChI is InChI=1S/C24H29N3O2/c1-29-21-9-5-8-20(14-21)23(26)22(15-25)24(28)27-16-17-10-12-19(13-11-17)18-6-3-2-4-7-18/h2-9,14-15,17,19,25H,10-13,16,26H2,1H3,(H,27,28)/b23-22+,25-15?. The van der Waals surface area contributed by atoms with Crippen molar-refractivity contribution >= 4 is 17.8 Å². The SMILES string of the molecule is COc1cccc(/C(N)=C(/C=N)C(=O)NCC2CCC(c3ccccc3)CC2)c1. The van der Waals surface area contributed by atoms with E-state index in [1.54, 1.807) is 19.2 Å². The van der Waals surface area contributed by atoms with E-state index in [2.05, 4.69) is 35.6 Å². The molecule has 0 atom stereocenters. The lowest BCUT2D eigenvalue weighted by atomic mass is 9.78. The summed E-state index contributed by atoms with van der Waals surface area (Å²) in [4.78, 5) is 12.6. The molecule has 0 saturated heterocycles. The Bertz CT molecular complexity index is 869. The van der Waals surface area contributed by atoms with Crippen LogP contribution in [0.4, 0.5) is 0 Å². The quantitative estimate of drug-likeness (QED) is 0.490. The van der Waals surface area contributed by atoms with E-state index in [1.165, 1.54) is 5.56 Å². The first-order valence-corrected chi connectivity index (χ1v) is 10.1. The van der Waals surface area contributed by atoms with Gasteiger partial charge in [0.2, 0.25) is 0 Å². The highest BCUT2D eigenvalue weighted by molar-refractivity contribution is 6.17. The summed E-state index contributed by atoms with van der Waals surface area (Å²) in [5.41, 5.74) is 8.72. The molecule has 0 spiro atoms. The van der Waals surface area contributed by atoms with E-state index in [1.807, 2.05) is 12.1 Å². The first-order chi connectivity index (χ1) is 14.1. The van der Waals surface area contributed by atoms with Crippen LogP contribution in [-0.2, 0) is 4.79 Å². The van der Waals surface area contributed by atoms with E-state index >= 15 is 0 Å². The van der Waals surface area contributed by atoms with E-state index in [9.17, 15) is 4.79 Å². The van der Waals surface area contributed by atoms with Crippen LogP contribution >= 0.6 is 0 Å². The molecule has 5 heteroatoms. The lowest BCUT2D eigenvalue weighted by Crippen LogP contribution is -2.33. The summed E-state index contributed by atoms with van der Waals surface area (Å²) in [6.45, 7) is 0.614. The van der Waals surface area contributed by atoms with Gasteiger partial charge < -0.3 is 21.2 Å². The molecule has 0 bridgehead atoms. The van der Waals surface area contributed by atoms with Gasteiger partial charge in [0.15, 0.2) is 0 Å². The zero-order valence-electron chi connectivity index (χ0n) is 16.9. The topological polar surface area (TPSA) is 88.2 Å². The predicted molar refractivity (Wildman–Crippen MR) is 117 cm³/mol. The van der Waals surface area contributed by atoms with Gasteiger partial charge in [0, 0.05) is 18.3 Å². The Labute approximate surface area is 172 Å². The highest BCUT2D eigenvalue weighted by Crippen LogP contribution is 2.35. The minimum atomic E-state index is -0.300. The zero-order valence-corrected chi connectivity index (χ0v) is 16.9. The van der Waals surface area contributed by atoms with Crippen molar-refractivity contribution in [2.45, 2.75) is 31.6 Å². The molecule has 2 aromatic carbocycles. The van der Waals surface area contributed by atoms with Gasteiger partial charge >= 0.3 is 0 Å². The second-order valence-corrected chi connectivity index (χ2v) is 7.54. The van der Waals surface area contributed by atoms with Gasteiger partial charge in [0.1, 0.15) is 5.75 Å². The van der Waals surface area contributed by atoms with Crippen molar-refractivity contribution in [2.24, 2.45) is 11.7 Å². The van der Waals surface area contributed by atoms with E-state index < -0.39 is 0 Å². The van der Waals surface area contributed by atoms with E-state index in [4.69, 9.17) is 15.9 Å². The average Bonchev–Trinajstić information content (AvgIpc) is 2.79. The van der Waals surface area contributed by atoms with Crippen LogP contribution in [0.5, 0.6) is 5.75 Å². The monoisotopic (exact) mass is 391 g/mol. The second-order valence-electron chi connectivity index (χ2n) is 7.54. The Hall–Kier alpha value is -3.08. The van der Waals surface area contributed by atoms with E-state index in [0.29, 0.717) is 29.7 Å². The minimum absolute atomic E-state index is 0.177. The van der Waals surface area contributed by atoms with Crippen molar-refractivity contribution in [3.05, 3.63) is 71.3 Å². The summed E-state index contributed by atoms with van der Waals surface area (Å²) in [5.74, 6) is 1.43. The Balaban J connectivity index is 1.57. The number of nitrogens with one attached hydrogen (secondary N) is 2. The van der Waals surface area contributed by atoms with Crippen molar-refractivity contribution in [3.63, 3.8) is 0 Å². The molecular formula is C24H29N3O2. The second kappa shape index (κ2) is 9.92. The molecular weight excluding hydrogens is 362 g/mol. The number of rotatable bonds is 7. The number of benzene rings is 2. The van der Waals surface area contributed by atoms with Crippen LogP contribution in [-0.4, -0.2) is 25.8 Å². The van der Waals surface area contributed by atoms with Gasteiger partial charge in [-0.25, -0.2) is 0 Å². The van der Waals surface area contributed by atoms with E-state index in [0.717, 1.165) is 31.9 Å². The molecule has 0 aliphatic heterocycles. The molecule has 0 radical (unpaired) electrons. The predicted octanol–water partition coefficient (Wildman–Crippen LogP) is 4.10. The molecule has 0 heterocycles. The first kappa shape index (κ1) is 20.6. The Morgan fingerprint density at radius 3 is 2.52 bits per heavy atom.